The number of rotatable bonds is 6. The van der Waals surface area contributed by atoms with Gasteiger partial charge in [-0.15, -0.1) is 0 Å². The summed E-state index contributed by atoms with van der Waals surface area (Å²) in [5.41, 5.74) is 2.63. The standard InChI is InChI=1S/C14H24N2/c1-5-9-15-10-8-14(3,4)13-7-6-12(2)16-11-13/h6-7,11,15H,5,8-10H2,1-4H3. The molecule has 2 nitrogen and oxygen atoms in total. The largest absolute Gasteiger partial charge is 0.317 e. The first-order valence-corrected chi connectivity index (χ1v) is 6.20. The van der Waals surface area contributed by atoms with Crippen molar-refractivity contribution >= 4 is 0 Å². The molecule has 0 saturated heterocycles. The predicted octanol–water partition coefficient (Wildman–Crippen LogP) is 3.06. The summed E-state index contributed by atoms with van der Waals surface area (Å²) in [4.78, 5) is 4.37. The molecular weight excluding hydrogens is 196 g/mol. The lowest BCUT2D eigenvalue weighted by Gasteiger charge is -2.25. The minimum absolute atomic E-state index is 0.210. The molecular formula is C14H24N2. The average Bonchev–Trinajstić information content (AvgIpc) is 2.25. The molecule has 1 rings (SSSR count). The molecule has 0 aliphatic heterocycles. The van der Waals surface area contributed by atoms with Crippen molar-refractivity contribution in [3.63, 3.8) is 0 Å². The summed E-state index contributed by atoms with van der Waals surface area (Å²) >= 11 is 0. The van der Waals surface area contributed by atoms with Gasteiger partial charge in [0.25, 0.3) is 0 Å². The van der Waals surface area contributed by atoms with Crippen molar-refractivity contribution < 1.29 is 0 Å². The van der Waals surface area contributed by atoms with Crippen molar-refractivity contribution in [2.24, 2.45) is 0 Å². The van der Waals surface area contributed by atoms with E-state index in [-0.39, 0.29) is 5.41 Å². The van der Waals surface area contributed by atoms with E-state index in [1.807, 2.05) is 13.1 Å². The Labute approximate surface area is 99.5 Å². The fraction of sp³-hybridized carbons (Fsp3) is 0.643. The summed E-state index contributed by atoms with van der Waals surface area (Å²) in [6.45, 7) is 11.0. The second kappa shape index (κ2) is 6.00. The lowest BCUT2D eigenvalue weighted by atomic mass is 9.82. The molecule has 0 spiro atoms. The van der Waals surface area contributed by atoms with E-state index >= 15 is 0 Å². The van der Waals surface area contributed by atoms with Crippen molar-refractivity contribution in [1.29, 1.82) is 0 Å². The van der Waals surface area contributed by atoms with Crippen LogP contribution in [0.2, 0.25) is 0 Å². The third-order valence-corrected chi connectivity index (χ3v) is 3.05. The molecule has 1 aromatic rings. The molecule has 2 heteroatoms. The van der Waals surface area contributed by atoms with Gasteiger partial charge in [-0.05, 0) is 49.9 Å². The van der Waals surface area contributed by atoms with Crippen molar-refractivity contribution in [1.82, 2.24) is 10.3 Å². The van der Waals surface area contributed by atoms with Gasteiger partial charge in [0.05, 0.1) is 0 Å². The highest BCUT2D eigenvalue weighted by molar-refractivity contribution is 5.21. The fourth-order valence-electron chi connectivity index (χ4n) is 1.72. The maximum Gasteiger partial charge on any atom is 0.0372 e. The monoisotopic (exact) mass is 220 g/mol. The highest BCUT2D eigenvalue weighted by atomic mass is 14.8. The van der Waals surface area contributed by atoms with E-state index in [1.165, 1.54) is 12.0 Å². The first-order chi connectivity index (χ1) is 7.56. The molecule has 1 aromatic heterocycles. The molecule has 0 aromatic carbocycles. The Balaban J connectivity index is 2.52. The molecule has 90 valence electrons. The van der Waals surface area contributed by atoms with Gasteiger partial charge in [0, 0.05) is 11.9 Å². The van der Waals surface area contributed by atoms with E-state index in [1.54, 1.807) is 0 Å². The van der Waals surface area contributed by atoms with Gasteiger partial charge in [0.2, 0.25) is 0 Å². The Kier molecular flexibility index (Phi) is 4.94. The van der Waals surface area contributed by atoms with E-state index in [0.717, 1.165) is 25.2 Å². The van der Waals surface area contributed by atoms with Gasteiger partial charge in [-0.2, -0.15) is 0 Å². The summed E-state index contributed by atoms with van der Waals surface area (Å²) in [6, 6.07) is 4.29. The molecule has 0 amide bonds. The first-order valence-electron chi connectivity index (χ1n) is 6.20. The topological polar surface area (TPSA) is 24.9 Å². The number of hydrogen-bond donors (Lipinski definition) is 1. The van der Waals surface area contributed by atoms with Crippen LogP contribution in [0.3, 0.4) is 0 Å². The SMILES string of the molecule is CCCNCCC(C)(C)c1ccc(C)nc1. The smallest absolute Gasteiger partial charge is 0.0372 e. The number of aromatic nitrogens is 1. The van der Waals surface area contributed by atoms with E-state index in [9.17, 15) is 0 Å². The number of nitrogens with zero attached hydrogens (tertiary/aromatic N) is 1. The third kappa shape index (κ3) is 3.93. The van der Waals surface area contributed by atoms with E-state index in [4.69, 9.17) is 0 Å². The summed E-state index contributed by atoms with van der Waals surface area (Å²) in [6.07, 6.45) is 4.36. The molecule has 0 aliphatic rings. The highest BCUT2D eigenvalue weighted by Gasteiger charge is 2.19. The zero-order valence-electron chi connectivity index (χ0n) is 11.0. The van der Waals surface area contributed by atoms with Crippen LogP contribution in [0.5, 0.6) is 0 Å². The van der Waals surface area contributed by atoms with E-state index < -0.39 is 0 Å². The summed E-state index contributed by atoms with van der Waals surface area (Å²) in [5.74, 6) is 0. The first kappa shape index (κ1) is 13.2. The average molecular weight is 220 g/mol. The zero-order chi connectivity index (χ0) is 12.0. The Morgan fingerprint density at radius 2 is 2.00 bits per heavy atom. The fourth-order valence-corrected chi connectivity index (χ4v) is 1.72. The van der Waals surface area contributed by atoms with Crippen LogP contribution in [0, 0.1) is 6.92 Å². The molecule has 0 radical (unpaired) electrons. The second-order valence-electron chi connectivity index (χ2n) is 5.07. The number of nitrogens with one attached hydrogen (secondary N) is 1. The van der Waals surface area contributed by atoms with Gasteiger partial charge < -0.3 is 5.32 Å². The number of hydrogen-bond acceptors (Lipinski definition) is 2. The Morgan fingerprint density at radius 3 is 2.56 bits per heavy atom. The van der Waals surface area contributed by atoms with Crippen LogP contribution in [0.25, 0.3) is 0 Å². The van der Waals surface area contributed by atoms with Crippen LogP contribution in [-0.2, 0) is 5.41 Å². The lowest BCUT2D eigenvalue weighted by molar-refractivity contribution is 0.456. The van der Waals surface area contributed by atoms with E-state index in [2.05, 4.69) is 43.2 Å². The summed E-state index contributed by atoms with van der Waals surface area (Å²) < 4.78 is 0. The van der Waals surface area contributed by atoms with Crippen molar-refractivity contribution in [2.75, 3.05) is 13.1 Å². The predicted molar refractivity (Wildman–Crippen MR) is 69.8 cm³/mol. The lowest BCUT2D eigenvalue weighted by Crippen LogP contribution is -2.26. The normalized spacial score (nSPS) is 11.8. The van der Waals surface area contributed by atoms with Crippen LogP contribution >= 0.6 is 0 Å². The van der Waals surface area contributed by atoms with Crippen molar-refractivity contribution in [2.45, 2.75) is 46.0 Å². The van der Waals surface area contributed by atoms with Crippen molar-refractivity contribution in [3.05, 3.63) is 29.6 Å². The van der Waals surface area contributed by atoms with Gasteiger partial charge >= 0.3 is 0 Å². The minimum Gasteiger partial charge on any atom is -0.317 e. The molecule has 0 aliphatic carbocycles. The summed E-state index contributed by atoms with van der Waals surface area (Å²) in [7, 11) is 0. The van der Waals surface area contributed by atoms with Gasteiger partial charge in [0.15, 0.2) is 0 Å². The third-order valence-electron chi connectivity index (χ3n) is 3.05. The molecule has 0 bridgehead atoms. The van der Waals surface area contributed by atoms with Crippen LogP contribution in [0.4, 0.5) is 0 Å². The molecule has 16 heavy (non-hydrogen) atoms. The van der Waals surface area contributed by atoms with Gasteiger partial charge in [-0.25, -0.2) is 0 Å². The number of pyridine rings is 1. The maximum atomic E-state index is 4.37. The van der Waals surface area contributed by atoms with Gasteiger partial charge in [-0.1, -0.05) is 26.8 Å². The maximum absolute atomic E-state index is 4.37. The van der Waals surface area contributed by atoms with Crippen LogP contribution in [0.15, 0.2) is 18.3 Å². The summed E-state index contributed by atoms with van der Waals surface area (Å²) in [5, 5.41) is 3.45. The van der Waals surface area contributed by atoms with Crippen molar-refractivity contribution in [3.8, 4) is 0 Å². The van der Waals surface area contributed by atoms with Gasteiger partial charge in [-0.3, -0.25) is 4.98 Å². The highest BCUT2D eigenvalue weighted by Crippen LogP contribution is 2.25. The molecule has 0 fully saturated rings. The zero-order valence-corrected chi connectivity index (χ0v) is 11.0. The van der Waals surface area contributed by atoms with Crippen LogP contribution in [0.1, 0.15) is 44.9 Å². The Hall–Kier alpha value is -0.890. The molecule has 0 unspecified atom stereocenters. The Bertz CT molecular complexity index is 301. The van der Waals surface area contributed by atoms with Crippen LogP contribution in [-0.4, -0.2) is 18.1 Å². The molecule has 1 heterocycles. The molecule has 0 atom stereocenters. The second-order valence-corrected chi connectivity index (χ2v) is 5.07. The Morgan fingerprint density at radius 1 is 1.25 bits per heavy atom. The minimum atomic E-state index is 0.210. The van der Waals surface area contributed by atoms with Gasteiger partial charge in [0.1, 0.15) is 0 Å². The quantitative estimate of drug-likeness (QED) is 0.745. The number of aryl methyl sites for hydroxylation is 1. The van der Waals surface area contributed by atoms with Crippen LogP contribution < -0.4 is 5.32 Å². The molecule has 1 N–H and O–H groups in total. The van der Waals surface area contributed by atoms with E-state index in [0.29, 0.717) is 0 Å². The molecule has 0 saturated carbocycles.